The number of urea groups is 1. The van der Waals surface area contributed by atoms with Gasteiger partial charge in [0.2, 0.25) is 0 Å². The molecule has 0 bridgehead atoms. The summed E-state index contributed by atoms with van der Waals surface area (Å²) in [6.07, 6.45) is 0. The highest BCUT2D eigenvalue weighted by molar-refractivity contribution is 6.01. The Hall–Kier alpha value is -2.56. The normalized spacial score (nSPS) is 10.1. The maximum absolute atomic E-state index is 12.8. The Balaban J connectivity index is 2.15. The topological polar surface area (TPSA) is 52.6 Å². The molecule has 0 spiro atoms. The van der Waals surface area contributed by atoms with Crippen LogP contribution in [0, 0.1) is 5.82 Å². The summed E-state index contributed by atoms with van der Waals surface area (Å²) >= 11 is 0. The molecule has 2 rings (SSSR count). The van der Waals surface area contributed by atoms with E-state index in [4.69, 9.17) is 0 Å². The maximum Gasteiger partial charge on any atom is 0.326 e. The first-order valence-corrected chi connectivity index (χ1v) is 6.23. The molecular weight excluding hydrogens is 259 g/mol. The van der Waals surface area contributed by atoms with Crippen molar-refractivity contribution in [3.05, 3.63) is 54.3 Å². The molecule has 5 heteroatoms. The van der Waals surface area contributed by atoms with E-state index in [0.29, 0.717) is 17.9 Å². The third kappa shape index (κ3) is 3.26. The van der Waals surface area contributed by atoms with Gasteiger partial charge in [0.1, 0.15) is 11.6 Å². The molecule has 0 saturated heterocycles. The van der Waals surface area contributed by atoms with E-state index in [9.17, 15) is 14.3 Å². The molecule has 0 heterocycles. The van der Waals surface area contributed by atoms with Gasteiger partial charge in [-0.1, -0.05) is 6.07 Å². The highest BCUT2D eigenvalue weighted by atomic mass is 19.1. The number of anilines is 2. The van der Waals surface area contributed by atoms with E-state index < -0.39 is 0 Å². The summed E-state index contributed by atoms with van der Waals surface area (Å²) < 4.78 is 12.8. The van der Waals surface area contributed by atoms with Crippen LogP contribution in [-0.2, 0) is 0 Å². The van der Waals surface area contributed by atoms with Gasteiger partial charge in [0.25, 0.3) is 0 Å². The molecule has 0 aliphatic rings. The van der Waals surface area contributed by atoms with Crippen molar-refractivity contribution in [3.8, 4) is 5.75 Å². The second-order valence-electron chi connectivity index (χ2n) is 4.20. The Bertz CT molecular complexity index is 599. The number of carbonyl (C=O) groups is 1. The lowest BCUT2D eigenvalue weighted by Crippen LogP contribution is -2.34. The zero-order chi connectivity index (χ0) is 14.5. The lowest BCUT2D eigenvalue weighted by molar-refractivity contribution is 0.257. The van der Waals surface area contributed by atoms with Gasteiger partial charge >= 0.3 is 6.03 Å². The molecule has 2 aromatic rings. The van der Waals surface area contributed by atoms with Gasteiger partial charge in [0.15, 0.2) is 0 Å². The van der Waals surface area contributed by atoms with Gasteiger partial charge in [-0.15, -0.1) is 0 Å². The fourth-order valence-corrected chi connectivity index (χ4v) is 1.83. The SMILES string of the molecule is CCN(C(=O)Nc1ccc(F)cc1)c1cccc(O)c1. The van der Waals surface area contributed by atoms with Crippen molar-refractivity contribution in [1.29, 1.82) is 0 Å². The second kappa shape index (κ2) is 6.06. The fourth-order valence-electron chi connectivity index (χ4n) is 1.83. The van der Waals surface area contributed by atoms with Gasteiger partial charge in [-0.2, -0.15) is 0 Å². The molecule has 0 unspecified atom stereocenters. The van der Waals surface area contributed by atoms with Gasteiger partial charge in [-0.3, -0.25) is 4.90 Å². The number of amides is 2. The number of carbonyl (C=O) groups excluding carboxylic acids is 1. The third-order valence-electron chi connectivity index (χ3n) is 2.80. The lowest BCUT2D eigenvalue weighted by Gasteiger charge is -2.21. The monoisotopic (exact) mass is 274 g/mol. The Morgan fingerprint density at radius 2 is 1.95 bits per heavy atom. The van der Waals surface area contributed by atoms with Crippen molar-refractivity contribution < 1.29 is 14.3 Å². The van der Waals surface area contributed by atoms with E-state index in [1.165, 1.54) is 41.3 Å². The van der Waals surface area contributed by atoms with Crippen LogP contribution >= 0.6 is 0 Å². The van der Waals surface area contributed by atoms with Crippen molar-refractivity contribution in [2.75, 3.05) is 16.8 Å². The Morgan fingerprint density at radius 3 is 2.55 bits per heavy atom. The molecule has 0 fully saturated rings. The summed E-state index contributed by atoms with van der Waals surface area (Å²) in [6, 6.07) is 11.6. The lowest BCUT2D eigenvalue weighted by atomic mass is 10.2. The summed E-state index contributed by atoms with van der Waals surface area (Å²) in [7, 11) is 0. The standard InChI is InChI=1S/C15H15FN2O2/c1-2-18(13-4-3-5-14(19)10-13)15(20)17-12-8-6-11(16)7-9-12/h3-10,19H,2H2,1H3,(H,17,20). The van der Waals surface area contributed by atoms with Crippen molar-refractivity contribution in [2.24, 2.45) is 0 Å². The molecule has 104 valence electrons. The van der Waals surface area contributed by atoms with Crippen LogP contribution in [-0.4, -0.2) is 17.7 Å². The van der Waals surface area contributed by atoms with E-state index >= 15 is 0 Å². The van der Waals surface area contributed by atoms with Crippen LogP contribution in [0.25, 0.3) is 0 Å². The number of phenols is 1. The van der Waals surface area contributed by atoms with Gasteiger partial charge in [-0.05, 0) is 43.3 Å². The van der Waals surface area contributed by atoms with Gasteiger partial charge < -0.3 is 10.4 Å². The number of hydrogen-bond donors (Lipinski definition) is 2. The highest BCUT2D eigenvalue weighted by Crippen LogP contribution is 2.21. The molecule has 0 aliphatic carbocycles. The van der Waals surface area contributed by atoms with Gasteiger partial charge in [0, 0.05) is 24.0 Å². The van der Waals surface area contributed by atoms with Crippen LogP contribution in [0.2, 0.25) is 0 Å². The van der Waals surface area contributed by atoms with Crippen molar-refractivity contribution >= 4 is 17.4 Å². The van der Waals surface area contributed by atoms with Crippen molar-refractivity contribution in [3.63, 3.8) is 0 Å². The van der Waals surface area contributed by atoms with Crippen LogP contribution in [0.5, 0.6) is 5.75 Å². The fraction of sp³-hybridized carbons (Fsp3) is 0.133. The highest BCUT2D eigenvalue weighted by Gasteiger charge is 2.14. The average molecular weight is 274 g/mol. The first-order chi connectivity index (χ1) is 9.60. The Kier molecular flexibility index (Phi) is 4.20. The summed E-state index contributed by atoms with van der Waals surface area (Å²) in [5, 5.41) is 12.1. The minimum Gasteiger partial charge on any atom is -0.508 e. The number of halogens is 1. The number of hydrogen-bond acceptors (Lipinski definition) is 2. The predicted octanol–water partition coefficient (Wildman–Crippen LogP) is 3.59. The molecule has 20 heavy (non-hydrogen) atoms. The predicted molar refractivity (Wildman–Crippen MR) is 76.5 cm³/mol. The Morgan fingerprint density at radius 1 is 1.25 bits per heavy atom. The smallest absolute Gasteiger partial charge is 0.326 e. The zero-order valence-electron chi connectivity index (χ0n) is 11.0. The average Bonchev–Trinajstić information content (AvgIpc) is 2.42. The summed E-state index contributed by atoms with van der Waals surface area (Å²) in [4.78, 5) is 13.7. The van der Waals surface area contributed by atoms with Crippen molar-refractivity contribution in [1.82, 2.24) is 0 Å². The van der Waals surface area contributed by atoms with Crippen LogP contribution in [0.3, 0.4) is 0 Å². The minimum absolute atomic E-state index is 0.0931. The molecule has 0 atom stereocenters. The summed E-state index contributed by atoms with van der Waals surface area (Å²) in [6.45, 7) is 2.27. The summed E-state index contributed by atoms with van der Waals surface area (Å²) in [5.74, 6) is -0.265. The van der Waals surface area contributed by atoms with E-state index in [0.717, 1.165) is 0 Å². The quantitative estimate of drug-likeness (QED) is 0.898. The molecule has 0 saturated carbocycles. The minimum atomic E-state index is -0.358. The molecule has 4 nitrogen and oxygen atoms in total. The third-order valence-corrected chi connectivity index (χ3v) is 2.80. The second-order valence-corrected chi connectivity index (χ2v) is 4.20. The van der Waals surface area contributed by atoms with Crippen LogP contribution in [0.15, 0.2) is 48.5 Å². The zero-order valence-corrected chi connectivity index (χ0v) is 11.0. The molecule has 0 aliphatic heterocycles. The first kappa shape index (κ1) is 13.9. The first-order valence-electron chi connectivity index (χ1n) is 6.23. The van der Waals surface area contributed by atoms with E-state index in [1.54, 1.807) is 12.1 Å². The molecule has 2 aromatic carbocycles. The summed E-state index contributed by atoms with van der Waals surface area (Å²) in [5.41, 5.74) is 1.10. The van der Waals surface area contributed by atoms with Crippen LogP contribution in [0.1, 0.15) is 6.92 Å². The van der Waals surface area contributed by atoms with Gasteiger partial charge in [0.05, 0.1) is 0 Å². The van der Waals surface area contributed by atoms with E-state index in [2.05, 4.69) is 5.32 Å². The van der Waals surface area contributed by atoms with E-state index in [1.807, 2.05) is 6.92 Å². The van der Waals surface area contributed by atoms with E-state index in [-0.39, 0.29) is 17.6 Å². The Labute approximate surface area is 116 Å². The molecule has 2 N–H and O–H groups in total. The number of nitrogens with one attached hydrogen (secondary N) is 1. The number of rotatable bonds is 3. The van der Waals surface area contributed by atoms with Crippen molar-refractivity contribution in [2.45, 2.75) is 6.92 Å². The molecule has 2 amide bonds. The largest absolute Gasteiger partial charge is 0.508 e. The van der Waals surface area contributed by atoms with Gasteiger partial charge in [-0.25, -0.2) is 9.18 Å². The van der Waals surface area contributed by atoms with Crippen LogP contribution < -0.4 is 10.2 Å². The number of aromatic hydroxyl groups is 1. The van der Waals surface area contributed by atoms with Crippen LogP contribution in [0.4, 0.5) is 20.6 Å². The maximum atomic E-state index is 12.8. The number of nitrogens with zero attached hydrogens (tertiary/aromatic N) is 1. The molecule has 0 radical (unpaired) electrons. The number of benzene rings is 2. The molecular formula is C15H15FN2O2. The number of phenolic OH excluding ortho intramolecular Hbond substituents is 1. The molecule has 0 aromatic heterocycles.